The van der Waals surface area contributed by atoms with Gasteiger partial charge >= 0.3 is 0 Å². The van der Waals surface area contributed by atoms with E-state index in [0.29, 0.717) is 18.1 Å². The van der Waals surface area contributed by atoms with Crippen molar-refractivity contribution in [2.45, 2.75) is 37.9 Å². The normalized spacial score (nSPS) is 37.0. The molecule has 3 heteroatoms. The first-order chi connectivity index (χ1) is 6.33. The van der Waals surface area contributed by atoms with Crippen LogP contribution in [0.25, 0.3) is 0 Å². The fourth-order valence-electron chi connectivity index (χ4n) is 2.45. The van der Waals surface area contributed by atoms with Gasteiger partial charge in [0.25, 0.3) is 0 Å². The number of nitrogens with zero attached hydrogens (tertiary/aromatic N) is 1. The molecule has 2 atom stereocenters. The molecule has 2 aliphatic heterocycles. The van der Waals surface area contributed by atoms with Crippen LogP contribution in [0.1, 0.15) is 19.8 Å². The molecule has 2 heterocycles. The molecule has 0 aliphatic carbocycles. The lowest BCUT2D eigenvalue weighted by molar-refractivity contribution is 0.113. The molecule has 0 aromatic heterocycles. The molecule has 0 spiro atoms. The molecule has 2 rings (SSSR count). The van der Waals surface area contributed by atoms with Gasteiger partial charge in [0.05, 0.1) is 6.26 Å². The second-order valence-electron chi connectivity index (χ2n) is 4.09. The van der Waals surface area contributed by atoms with E-state index in [-0.39, 0.29) is 0 Å². The molecule has 74 valence electrons. The smallest absolute Gasteiger partial charge is 0.0767 e. The average molecular weight is 182 g/mol. The summed E-state index contributed by atoms with van der Waals surface area (Å²) in [4.78, 5) is 2.53. The molecule has 0 bridgehead atoms. The van der Waals surface area contributed by atoms with Crippen molar-refractivity contribution in [2.75, 3.05) is 13.1 Å². The Morgan fingerprint density at radius 3 is 2.69 bits per heavy atom. The van der Waals surface area contributed by atoms with Crippen molar-refractivity contribution < 1.29 is 5.11 Å². The molecule has 0 aromatic rings. The molecule has 2 aliphatic rings. The lowest BCUT2D eigenvalue weighted by Crippen LogP contribution is -2.59. The van der Waals surface area contributed by atoms with Crippen molar-refractivity contribution in [1.82, 2.24) is 10.2 Å². The van der Waals surface area contributed by atoms with Gasteiger partial charge in [0.1, 0.15) is 0 Å². The summed E-state index contributed by atoms with van der Waals surface area (Å²) in [5.74, 6) is 0. The van der Waals surface area contributed by atoms with Crippen LogP contribution < -0.4 is 5.32 Å². The Bertz CT molecular complexity index is 201. The maximum absolute atomic E-state index is 8.78. The first-order valence-electron chi connectivity index (χ1n) is 5.12. The Hall–Kier alpha value is -0.540. The minimum absolute atomic E-state index is 0.465. The van der Waals surface area contributed by atoms with E-state index < -0.39 is 0 Å². The maximum atomic E-state index is 8.78. The van der Waals surface area contributed by atoms with Crippen molar-refractivity contribution in [1.29, 1.82) is 0 Å². The van der Waals surface area contributed by atoms with Gasteiger partial charge in [0, 0.05) is 31.2 Å². The Labute approximate surface area is 79.4 Å². The monoisotopic (exact) mass is 182 g/mol. The molecular formula is C10H18N2O. The lowest BCUT2D eigenvalue weighted by Gasteiger charge is -2.41. The highest BCUT2D eigenvalue weighted by Gasteiger charge is 2.36. The summed E-state index contributed by atoms with van der Waals surface area (Å²) < 4.78 is 0. The molecule has 0 aromatic carbocycles. The van der Waals surface area contributed by atoms with Gasteiger partial charge in [-0.15, -0.1) is 0 Å². The van der Waals surface area contributed by atoms with Crippen LogP contribution in [0.4, 0.5) is 0 Å². The van der Waals surface area contributed by atoms with Crippen molar-refractivity contribution in [2.24, 2.45) is 0 Å². The van der Waals surface area contributed by atoms with Crippen molar-refractivity contribution in [3.05, 3.63) is 12.3 Å². The fraction of sp³-hybridized carbons (Fsp3) is 0.800. The largest absolute Gasteiger partial charge is 0.516 e. The number of hydrogen-bond acceptors (Lipinski definition) is 3. The molecule has 2 N–H and O–H groups in total. The summed E-state index contributed by atoms with van der Waals surface area (Å²) in [6.07, 6.45) is 5.56. The highest BCUT2D eigenvalue weighted by molar-refractivity contribution is 5.02. The fourth-order valence-corrected chi connectivity index (χ4v) is 2.45. The summed E-state index contributed by atoms with van der Waals surface area (Å²) in [7, 11) is 0. The minimum atomic E-state index is 0.465. The number of nitrogens with one attached hydrogen (secondary N) is 1. The Kier molecular flexibility index (Phi) is 2.56. The summed E-state index contributed by atoms with van der Waals surface area (Å²) >= 11 is 0. The van der Waals surface area contributed by atoms with Crippen LogP contribution in [0.2, 0.25) is 0 Å². The first kappa shape index (κ1) is 9.03. The van der Waals surface area contributed by atoms with Crippen LogP contribution in [0.15, 0.2) is 12.3 Å². The van der Waals surface area contributed by atoms with Crippen LogP contribution in [-0.2, 0) is 0 Å². The highest BCUT2D eigenvalue weighted by Crippen LogP contribution is 2.28. The summed E-state index contributed by atoms with van der Waals surface area (Å²) in [6.45, 7) is 4.50. The molecule has 1 unspecified atom stereocenters. The molecule has 2 saturated heterocycles. The van der Waals surface area contributed by atoms with Crippen LogP contribution in [0, 0.1) is 0 Å². The molecule has 13 heavy (non-hydrogen) atoms. The predicted molar refractivity (Wildman–Crippen MR) is 52.7 cm³/mol. The van der Waals surface area contributed by atoms with Crippen LogP contribution >= 0.6 is 0 Å². The Morgan fingerprint density at radius 1 is 1.38 bits per heavy atom. The van der Waals surface area contributed by atoms with Crippen LogP contribution in [0.5, 0.6) is 0 Å². The molecule has 0 amide bonds. The maximum Gasteiger partial charge on any atom is 0.0767 e. The van der Waals surface area contributed by atoms with E-state index in [1.54, 1.807) is 0 Å². The highest BCUT2D eigenvalue weighted by atomic mass is 16.2. The van der Waals surface area contributed by atoms with Crippen molar-refractivity contribution >= 4 is 0 Å². The van der Waals surface area contributed by atoms with Crippen LogP contribution in [-0.4, -0.2) is 41.2 Å². The molecule has 3 nitrogen and oxygen atoms in total. The zero-order chi connectivity index (χ0) is 9.26. The second kappa shape index (κ2) is 3.68. The van der Waals surface area contributed by atoms with Gasteiger partial charge in [-0.05, 0) is 25.8 Å². The van der Waals surface area contributed by atoms with Crippen molar-refractivity contribution in [3.8, 4) is 0 Å². The van der Waals surface area contributed by atoms with E-state index in [0.717, 1.165) is 13.1 Å². The van der Waals surface area contributed by atoms with Gasteiger partial charge in [-0.3, -0.25) is 4.90 Å². The average Bonchev–Trinajstić information content (AvgIpc) is 2.34. The van der Waals surface area contributed by atoms with Gasteiger partial charge in [0.2, 0.25) is 0 Å². The van der Waals surface area contributed by atoms with Gasteiger partial charge in [-0.25, -0.2) is 0 Å². The second-order valence-corrected chi connectivity index (χ2v) is 4.09. The Morgan fingerprint density at radius 2 is 2.15 bits per heavy atom. The topological polar surface area (TPSA) is 35.5 Å². The lowest BCUT2D eigenvalue weighted by atomic mass is 10.1. The van der Waals surface area contributed by atoms with E-state index in [1.807, 2.05) is 6.08 Å². The summed E-state index contributed by atoms with van der Waals surface area (Å²) in [5, 5.41) is 12.1. The van der Waals surface area contributed by atoms with E-state index in [4.69, 9.17) is 5.11 Å². The van der Waals surface area contributed by atoms with Crippen LogP contribution in [0.3, 0.4) is 0 Å². The number of hydrogen-bond donors (Lipinski definition) is 2. The van der Waals surface area contributed by atoms with E-state index in [1.165, 1.54) is 19.1 Å². The van der Waals surface area contributed by atoms with Gasteiger partial charge in [-0.1, -0.05) is 0 Å². The van der Waals surface area contributed by atoms with Crippen molar-refractivity contribution in [3.63, 3.8) is 0 Å². The molecular weight excluding hydrogens is 164 g/mol. The number of likely N-dealkylation sites (tertiary alicyclic amines) is 1. The minimum Gasteiger partial charge on any atom is -0.516 e. The van der Waals surface area contributed by atoms with Gasteiger partial charge in [0.15, 0.2) is 0 Å². The SMILES string of the molecule is C[C@@H]1CCC(/C=C/O)N1C1CNC1. The standard InChI is InChI=1S/C10H18N2O/c1-8-2-3-9(4-5-13)12(8)10-6-11-7-10/h4-5,8-11,13H,2-3,6-7H2,1H3/b5-4+/t8-,9?/m1/s1. The van der Waals surface area contributed by atoms with E-state index >= 15 is 0 Å². The zero-order valence-electron chi connectivity index (χ0n) is 8.11. The van der Waals surface area contributed by atoms with Gasteiger partial charge in [-0.2, -0.15) is 0 Å². The third-order valence-electron chi connectivity index (χ3n) is 3.26. The summed E-state index contributed by atoms with van der Waals surface area (Å²) in [5.41, 5.74) is 0. The third kappa shape index (κ3) is 1.58. The van der Waals surface area contributed by atoms with E-state index in [2.05, 4.69) is 17.1 Å². The first-order valence-corrected chi connectivity index (χ1v) is 5.12. The number of aliphatic hydroxyl groups is 1. The van der Waals surface area contributed by atoms with Gasteiger partial charge < -0.3 is 10.4 Å². The molecule has 0 radical (unpaired) electrons. The molecule has 2 fully saturated rings. The van der Waals surface area contributed by atoms with E-state index in [9.17, 15) is 0 Å². The number of aliphatic hydroxyl groups excluding tert-OH is 1. The number of rotatable bonds is 2. The molecule has 0 saturated carbocycles. The summed E-state index contributed by atoms with van der Waals surface area (Å²) in [6, 6.07) is 1.83. The zero-order valence-corrected chi connectivity index (χ0v) is 8.11. The quantitative estimate of drug-likeness (QED) is 0.622. The third-order valence-corrected chi connectivity index (χ3v) is 3.26. The predicted octanol–water partition coefficient (Wildman–Crippen LogP) is 0.883. The Balaban J connectivity index is 2.01.